The molecule has 0 saturated carbocycles. The average Bonchev–Trinajstić information content (AvgIpc) is 3.04. The molecule has 0 spiro atoms. The number of benzene rings is 3. The van der Waals surface area contributed by atoms with Gasteiger partial charge in [-0.3, -0.25) is 14.5 Å². The fourth-order valence-electron chi connectivity index (χ4n) is 3.03. The van der Waals surface area contributed by atoms with E-state index in [0.717, 1.165) is 21.8 Å². The molecule has 1 heterocycles. The van der Waals surface area contributed by atoms with Crippen molar-refractivity contribution >= 4 is 82.6 Å². The van der Waals surface area contributed by atoms with Crippen molar-refractivity contribution < 1.29 is 22.2 Å². The number of rotatable bonds is 6. The minimum Gasteiger partial charge on any atom is -0.378 e. The van der Waals surface area contributed by atoms with Gasteiger partial charge in [0.05, 0.1) is 15.9 Å². The Labute approximate surface area is 222 Å². The maximum atomic E-state index is 12.8. The van der Waals surface area contributed by atoms with Gasteiger partial charge in [0.15, 0.2) is 5.75 Å². The average molecular weight is 644 g/mol. The van der Waals surface area contributed by atoms with Crippen LogP contribution in [-0.4, -0.2) is 24.5 Å². The van der Waals surface area contributed by atoms with Crippen LogP contribution in [-0.2, 0) is 21.5 Å². The summed E-state index contributed by atoms with van der Waals surface area (Å²) in [6.45, 7) is 0.155. The van der Waals surface area contributed by atoms with Gasteiger partial charge in [0, 0.05) is 9.50 Å². The molecular formula is C23H14Br2ClNO5S2. The lowest BCUT2D eigenvalue weighted by molar-refractivity contribution is -0.123. The first-order chi connectivity index (χ1) is 16.1. The van der Waals surface area contributed by atoms with Crippen LogP contribution in [0.25, 0.3) is 6.08 Å². The summed E-state index contributed by atoms with van der Waals surface area (Å²) >= 11 is 13.4. The summed E-state index contributed by atoms with van der Waals surface area (Å²) in [5.74, 6) is -0.318. The molecule has 174 valence electrons. The summed E-state index contributed by atoms with van der Waals surface area (Å²) in [7, 11) is -4.06. The predicted molar refractivity (Wildman–Crippen MR) is 139 cm³/mol. The van der Waals surface area contributed by atoms with Crippen molar-refractivity contribution in [2.75, 3.05) is 0 Å². The fourth-order valence-corrected chi connectivity index (χ4v) is 5.93. The Bertz CT molecular complexity index is 1430. The summed E-state index contributed by atoms with van der Waals surface area (Å²) in [5.41, 5.74) is 1.41. The molecule has 0 aromatic heterocycles. The van der Waals surface area contributed by atoms with E-state index in [1.807, 2.05) is 24.3 Å². The first-order valence-corrected chi connectivity index (χ1v) is 13.8. The van der Waals surface area contributed by atoms with Gasteiger partial charge in [-0.15, -0.1) is 0 Å². The minimum atomic E-state index is -4.06. The second-order valence-electron chi connectivity index (χ2n) is 7.04. The molecule has 3 aromatic carbocycles. The highest BCUT2D eigenvalue weighted by molar-refractivity contribution is 9.10. The van der Waals surface area contributed by atoms with E-state index in [4.69, 9.17) is 15.8 Å². The van der Waals surface area contributed by atoms with Crippen LogP contribution < -0.4 is 4.18 Å². The standard InChI is InChI=1S/C23H14Br2ClNO5S2/c24-18-4-2-1-3-15(18)13-27-22(28)21(33-23(27)29)12-14-5-10-20(19(25)11-14)32-34(30,31)17-8-6-16(26)7-9-17/h1-12H,13H2/b21-12-. The summed E-state index contributed by atoms with van der Waals surface area (Å²) in [5, 5.41) is 0.0466. The Balaban J connectivity index is 1.52. The lowest BCUT2D eigenvalue weighted by Gasteiger charge is -2.13. The zero-order valence-electron chi connectivity index (χ0n) is 17.1. The molecule has 2 amide bonds. The molecule has 0 radical (unpaired) electrons. The normalized spacial score (nSPS) is 15.3. The van der Waals surface area contributed by atoms with Crippen molar-refractivity contribution in [3.63, 3.8) is 0 Å². The molecule has 0 unspecified atom stereocenters. The van der Waals surface area contributed by atoms with Crippen LogP contribution in [0, 0.1) is 0 Å². The molecule has 0 N–H and O–H groups in total. The van der Waals surface area contributed by atoms with E-state index in [1.54, 1.807) is 18.2 Å². The molecule has 1 aliphatic heterocycles. The number of hydrogen-bond donors (Lipinski definition) is 0. The maximum Gasteiger partial charge on any atom is 0.339 e. The van der Waals surface area contributed by atoms with Crippen molar-refractivity contribution in [2.45, 2.75) is 11.4 Å². The Hall–Kier alpha value is -2.11. The van der Waals surface area contributed by atoms with Crippen molar-refractivity contribution in [1.82, 2.24) is 4.90 Å². The molecule has 1 aliphatic rings. The highest BCUT2D eigenvalue weighted by Gasteiger charge is 2.35. The Morgan fingerprint density at radius 3 is 2.35 bits per heavy atom. The van der Waals surface area contributed by atoms with Gasteiger partial charge in [-0.05, 0) is 87.4 Å². The van der Waals surface area contributed by atoms with Gasteiger partial charge < -0.3 is 4.18 Å². The molecule has 4 rings (SSSR count). The van der Waals surface area contributed by atoms with Crippen LogP contribution in [0.4, 0.5) is 4.79 Å². The third kappa shape index (κ3) is 5.58. The van der Waals surface area contributed by atoms with E-state index in [9.17, 15) is 18.0 Å². The topological polar surface area (TPSA) is 80.8 Å². The van der Waals surface area contributed by atoms with Gasteiger partial charge in [0.2, 0.25) is 0 Å². The summed E-state index contributed by atoms with van der Waals surface area (Å²) in [6.07, 6.45) is 1.58. The van der Waals surface area contributed by atoms with Crippen LogP contribution in [0.5, 0.6) is 5.75 Å². The monoisotopic (exact) mass is 641 g/mol. The van der Waals surface area contributed by atoms with E-state index in [-0.39, 0.29) is 27.3 Å². The minimum absolute atomic E-state index is 0.0356. The van der Waals surface area contributed by atoms with Crippen molar-refractivity contribution in [3.05, 3.63) is 96.7 Å². The van der Waals surface area contributed by atoms with Crippen molar-refractivity contribution in [3.8, 4) is 5.75 Å². The van der Waals surface area contributed by atoms with Crippen LogP contribution in [0.2, 0.25) is 5.02 Å². The number of nitrogens with zero attached hydrogens (tertiary/aromatic N) is 1. The predicted octanol–water partition coefficient (Wildman–Crippen LogP) is 6.87. The zero-order valence-corrected chi connectivity index (χ0v) is 22.6. The first kappa shape index (κ1) is 25.0. The lowest BCUT2D eigenvalue weighted by atomic mass is 10.2. The van der Waals surface area contributed by atoms with Gasteiger partial charge in [0.1, 0.15) is 4.90 Å². The van der Waals surface area contributed by atoms with Gasteiger partial charge >= 0.3 is 10.1 Å². The Kier molecular flexibility index (Phi) is 7.54. The molecular weight excluding hydrogens is 630 g/mol. The third-order valence-electron chi connectivity index (χ3n) is 4.72. The molecule has 0 aliphatic carbocycles. The highest BCUT2D eigenvalue weighted by Crippen LogP contribution is 2.36. The summed E-state index contributed by atoms with van der Waals surface area (Å²) in [4.78, 5) is 26.7. The summed E-state index contributed by atoms with van der Waals surface area (Å²) < 4.78 is 31.5. The maximum absolute atomic E-state index is 12.8. The first-order valence-electron chi connectivity index (χ1n) is 9.62. The highest BCUT2D eigenvalue weighted by atomic mass is 79.9. The van der Waals surface area contributed by atoms with Gasteiger partial charge in [0.25, 0.3) is 11.1 Å². The van der Waals surface area contributed by atoms with E-state index in [1.165, 1.54) is 35.2 Å². The third-order valence-corrected chi connectivity index (χ3v) is 8.52. The Morgan fingerprint density at radius 1 is 0.971 bits per heavy atom. The number of hydrogen-bond acceptors (Lipinski definition) is 6. The lowest BCUT2D eigenvalue weighted by Crippen LogP contribution is -2.27. The second kappa shape index (κ2) is 10.2. The van der Waals surface area contributed by atoms with E-state index >= 15 is 0 Å². The molecule has 0 atom stereocenters. The van der Waals surface area contributed by atoms with Crippen LogP contribution in [0.1, 0.15) is 11.1 Å². The van der Waals surface area contributed by atoms with Gasteiger partial charge in [-0.25, -0.2) is 0 Å². The summed E-state index contributed by atoms with van der Waals surface area (Å²) in [6, 6.07) is 17.7. The molecule has 11 heteroatoms. The van der Waals surface area contributed by atoms with Gasteiger partial charge in [-0.2, -0.15) is 8.42 Å². The second-order valence-corrected chi connectivity index (χ2v) is 11.7. The molecule has 1 fully saturated rings. The van der Waals surface area contributed by atoms with Crippen LogP contribution in [0.15, 0.2) is 85.5 Å². The Morgan fingerprint density at radius 2 is 1.68 bits per heavy atom. The van der Waals surface area contributed by atoms with E-state index in [0.29, 0.717) is 15.1 Å². The van der Waals surface area contributed by atoms with Crippen LogP contribution in [0.3, 0.4) is 0 Å². The van der Waals surface area contributed by atoms with E-state index < -0.39 is 16.0 Å². The zero-order chi connectivity index (χ0) is 24.5. The molecule has 0 bridgehead atoms. The molecule has 1 saturated heterocycles. The van der Waals surface area contributed by atoms with Crippen molar-refractivity contribution in [1.29, 1.82) is 0 Å². The number of imide groups is 1. The largest absolute Gasteiger partial charge is 0.378 e. The number of carbonyl (C=O) groups is 2. The number of amides is 2. The molecule has 34 heavy (non-hydrogen) atoms. The fraction of sp³-hybridized carbons (Fsp3) is 0.0435. The molecule has 3 aromatic rings. The number of thioether (sulfide) groups is 1. The SMILES string of the molecule is O=C1S/C(=C\c2ccc(OS(=O)(=O)c3ccc(Cl)cc3)c(Br)c2)C(=O)N1Cc1ccccc1Br. The smallest absolute Gasteiger partial charge is 0.339 e. The number of carbonyl (C=O) groups excluding carboxylic acids is 2. The molecule has 6 nitrogen and oxygen atoms in total. The quantitative estimate of drug-likeness (QED) is 0.216. The van der Waals surface area contributed by atoms with E-state index in [2.05, 4.69) is 31.9 Å². The van der Waals surface area contributed by atoms with Gasteiger partial charge in [-0.1, -0.05) is 51.8 Å². The van der Waals surface area contributed by atoms with Crippen LogP contribution >= 0.6 is 55.2 Å². The number of halogens is 3. The van der Waals surface area contributed by atoms with Crippen molar-refractivity contribution in [2.24, 2.45) is 0 Å².